The molecule has 0 atom stereocenters. The molecule has 3 aromatic carbocycles. The molecule has 0 heterocycles. The van der Waals surface area contributed by atoms with Crippen LogP contribution in [-0.4, -0.2) is 11.8 Å². The molecule has 2 amide bonds. The molecule has 6 heteroatoms. The quantitative estimate of drug-likeness (QED) is 0.563. The summed E-state index contributed by atoms with van der Waals surface area (Å²) in [4.78, 5) is 23.4. The molecule has 0 aliphatic carbocycles. The number of rotatable bonds is 5. The fourth-order valence-electron chi connectivity index (χ4n) is 2.51. The summed E-state index contributed by atoms with van der Waals surface area (Å²) >= 11 is 5.92. The summed E-state index contributed by atoms with van der Waals surface area (Å²) < 4.78 is 0. The first-order chi connectivity index (χ1) is 13.0. The van der Waals surface area contributed by atoms with E-state index in [2.05, 4.69) is 16.0 Å². The zero-order valence-corrected chi connectivity index (χ0v) is 15.4. The van der Waals surface area contributed by atoms with Gasteiger partial charge in [0.25, 0.3) is 5.91 Å². The minimum Gasteiger partial charge on any atom is -0.355 e. The number of carbonyl (C=O) groups is 2. The first-order valence-electron chi connectivity index (χ1n) is 8.31. The molecule has 5 nitrogen and oxygen atoms in total. The first kappa shape index (κ1) is 18.5. The molecule has 0 fully saturated rings. The monoisotopic (exact) mass is 379 g/mol. The second-order valence-electron chi connectivity index (χ2n) is 5.93. The number of benzene rings is 3. The summed E-state index contributed by atoms with van der Waals surface area (Å²) in [5.41, 5.74) is 3.60. The van der Waals surface area contributed by atoms with Gasteiger partial charge in [0.1, 0.15) is 0 Å². The Morgan fingerprint density at radius 2 is 1.41 bits per heavy atom. The summed E-state index contributed by atoms with van der Waals surface area (Å²) in [5.74, 6) is -0.340. The summed E-state index contributed by atoms with van der Waals surface area (Å²) in [5, 5.41) is 9.35. The maximum Gasteiger partial charge on any atom is 0.255 e. The van der Waals surface area contributed by atoms with Crippen LogP contribution in [0.15, 0.2) is 72.8 Å². The van der Waals surface area contributed by atoms with Crippen molar-refractivity contribution >= 4 is 46.2 Å². The minimum absolute atomic E-state index is 0.119. The van der Waals surface area contributed by atoms with E-state index in [1.165, 1.54) is 6.92 Å². The molecule has 3 aromatic rings. The van der Waals surface area contributed by atoms with Crippen LogP contribution in [0.1, 0.15) is 17.3 Å². The van der Waals surface area contributed by atoms with E-state index in [0.717, 1.165) is 17.1 Å². The fourth-order valence-corrected chi connectivity index (χ4v) is 2.70. The molecule has 0 aromatic heterocycles. The molecule has 0 saturated heterocycles. The third kappa shape index (κ3) is 5.33. The molecule has 0 spiro atoms. The number of nitrogens with one attached hydrogen (secondary N) is 3. The zero-order chi connectivity index (χ0) is 19.2. The third-order valence-corrected chi connectivity index (χ3v) is 3.94. The standard InChI is InChI=1S/C21H18ClN3O2/c1-14(26)23-19-6-3-7-20(13-19)24-17-8-10-18(11-9-17)25-21(27)15-4-2-5-16(22)12-15/h2-13,24H,1H3,(H,23,26)(H,25,27). The molecule has 0 aliphatic heterocycles. The second-order valence-corrected chi connectivity index (χ2v) is 6.37. The summed E-state index contributed by atoms with van der Waals surface area (Å²) in [6.45, 7) is 1.47. The van der Waals surface area contributed by atoms with Gasteiger partial charge >= 0.3 is 0 Å². The Labute approximate surface area is 162 Å². The normalized spacial score (nSPS) is 10.1. The average molecular weight is 380 g/mol. The van der Waals surface area contributed by atoms with E-state index in [1.54, 1.807) is 24.3 Å². The van der Waals surface area contributed by atoms with E-state index in [4.69, 9.17) is 11.6 Å². The minimum atomic E-state index is -0.221. The Morgan fingerprint density at radius 1 is 0.741 bits per heavy atom. The van der Waals surface area contributed by atoms with Gasteiger partial charge in [0.15, 0.2) is 0 Å². The van der Waals surface area contributed by atoms with Gasteiger partial charge in [-0.2, -0.15) is 0 Å². The predicted octanol–water partition coefficient (Wildman–Crippen LogP) is 5.29. The number of hydrogen-bond acceptors (Lipinski definition) is 3. The van der Waals surface area contributed by atoms with Crippen molar-refractivity contribution in [2.24, 2.45) is 0 Å². The Morgan fingerprint density at radius 3 is 2.11 bits per heavy atom. The smallest absolute Gasteiger partial charge is 0.255 e. The highest BCUT2D eigenvalue weighted by Crippen LogP contribution is 2.22. The van der Waals surface area contributed by atoms with Crippen molar-refractivity contribution in [3.8, 4) is 0 Å². The average Bonchev–Trinajstić information content (AvgIpc) is 2.63. The topological polar surface area (TPSA) is 70.2 Å². The van der Waals surface area contributed by atoms with E-state index >= 15 is 0 Å². The van der Waals surface area contributed by atoms with Crippen LogP contribution in [0.25, 0.3) is 0 Å². The second kappa shape index (κ2) is 8.38. The van der Waals surface area contributed by atoms with Crippen LogP contribution < -0.4 is 16.0 Å². The van der Waals surface area contributed by atoms with E-state index in [1.807, 2.05) is 48.5 Å². The van der Waals surface area contributed by atoms with Crippen LogP contribution in [0.5, 0.6) is 0 Å². The van der Waals surface area contributed by atoms with Crippen LogP contribution in [0.4, 0.5) is 22.7 Å². The molecular formula is C21H18ClN3O2. The number of halogens is 1. The van der Waals surface area contributed by atoms with Gasteiger partial charge in [-0.3, -0.25) is 9.59 Å². The first-order valence-corrected chi connectivity index (χ1v) is 8.69. The lowest BCUT2D eigenvalue weighted by Crippen LogP contribution is -2.11. The van der Waals surface area contributed by atoms with E-state index < -0.39 is 0 Å². The fraction of sp³-hybridized carbons (Fsp3) is 0.0476. The highest BCUT2D eigenvalue weighted by molar-refractivity contribution is 6.31. The van der Waals surface area contributed by atoms with Crippen molar-refractivity contribution in [2.45, 2.75) is 6.92 Å². The SMILES string of the molecule is CC(=O)Nc1cccc(Nc2ccc(NC(=O)c3cccc(Cl)c3)cc2)c1. The maximum absolute atomic E-state index is 12.2. The molecule has 27 heavy (non-hydrogen) atoms. The molecule has 0 radical (unpaired) electrons. The molecule has 3 rings (SSSR count). The van der Waals surface area contributed by atoms with Crippen LogP contribution >= 0.6 is 11.6 Å². The number of anilines is 4. The lowest BCUT2D eigenvalue weighted by molar-refractivity contribution is -0.114. The Bertz CT molecular complexity index is 971. The van der Waals surface area contributed by atoms with Gasteiger partial charge in [-0.25, -0.2) is 0 Å². The summed E-state index contributed by atoms with van der Waals surface area (Å²) in [6.07, 6.45) is 0. The molecule has 136 valence electrons. The van der Waals surface area contributed by atoms with Crippen LogP contribution in [0.2, 0.25) is 5.02 Å². The van der Waals surface area contributed by atoms with E-state index in [-0.39, 0.29) is 11.8 Å². The Balaban J connectivity index is 1.65. The largest absolute Gasteiger partial charge is 0.355 e. The maximum atomic E-state index is 12.2. The van der Waals surface area contributed by atoms with E-state index in [0.29, 0.717) is 16.3 Å². The van der Waals surface area contributed by atoms with Crippen LogP contribution in [-0.2, 0) is 4.79 Å². The summed E-state index contributed by atoms with van der Waals surface area (Å²) in [6, 6.07) is 21.5. The van der Waals surface area contributed by atoms with Crippen molar-refractivity contribution < 1.29 is 9.59 Å². The Hall–Kier alpha value is -3.31. The van der Waals surface area contributed by atoms with Crippen molar-refractivity contribution in [1.29, 1.82) is 0 Å². The number of amides is 2. The predicted molar refractivity (Wildman–Crippen MR) is 110 cm³/mol. The molecule has 0 saturated carbocycles. The van der Waals surface area contributed by atoms with Crippen LogP contribution in [0, 0.1) is 0 Å². The summed E-state index contributed by atoms with van der Waals surface area (Å²) in [7, 11) is 0. The molecule has 0 aliphatic rings. The van der Waals surface area contributed by atoms with Crippen molar-refractivity contribution in [2.75, 3.05) is 16.0 Å². The van der Waals surface area contributed by atoms with Crippen molar-refractivity contribution in [3.05, 3.63) is 83.4 Å². The molecule has 0 unspecified atom stereocenters. The van der Waals surface area contributed by atoms with Crippen molar-refractivity contribution in [1.82, 2.24) is 0 Å². The highest BCUT2D eigenvalue weighted by atomic mass is 35.5. The van der Waals surface area contributed by atoms with Gasteiger partial charge in [0.2, 0.25) is 5.91 Å². The molecule has 0 bridgehead atoms. The van der Waals surface area contributed by atoms with Gasteiger partial charge in [0.05, 0.1) is 0 Å². The van der Waals surface area contributed by atoms with Crippen LogP contribution in [0.3, 0.4) is 0 Å². The lowest BCUT2D eigenvalue weighted by Gasteiger charge is -2.10. The highest BCUT2D eigenvalue weighted by Gasteiger charge is 2.06. The van der Waals surface area contributed by atoms with Gasteiger partial charge < -0.3 is 16.0 Å². The Kier molecular flexibility index (Phi) is 5.74. The van der Waals surface area contributed by atoms with Gasteiger partial charge in [-0.15, -0.1) is 0 Å². The van der Waals surface area contributed by atoms with Gasteiger partial charge in [-0.1, -0.05) is 23.7 Å². The third-order valence-electron chi connectivity index (χ3n) is 3.70. The number of hydrogen-bond donors (Lipinski definition) is 3. The zero-order valence-electron chi connectivity index (χ0n) is 14.6. The lowest BCUT2D eigenvalue weighted by atomic mass is 10.2. The van der Waals surface area contributed by atoms with Crippen molar-refractivity contribution in [3.63, 3.8) is 0 Å². The molecule has 3 N–H and O–H groups in total. The van der Waals surface area contributed by atoms with Gasteiger partial charge in [0, 0.05) is 40.3 Å². The molecular weight excluding hydrogens is 362 g/mol. The number of carbonyl (C=O) groups excluding carboxylic acids is 2. The van der Waals surface area contributed by atoms with Gasteiger partial charge in [-0.05, 0) is 60.7 Å². The van der Waals surface area contributed by atoms with E-state index in [9.17, 15) is 9.59 Å².